The lowest BCUT2D eigenvalue weighted by molar-refractivity contribution is -0.870. The Morgan fingerprint density at radius 1 is 0.538 bits per heavy atom. The number of amides is 1. The first kappa shape index (κ1) is 62.9. The molecule has 3 N–H and O–H groups in total. The summed E-state index contributed by atoms with van der Waals surface area (Å²) in [6, 6.07) is -0.888. The van der Waals surface area contributed by atoms with Crippen molar-refractivity contribution >= 4 is 13.7 Å². The minimum absolute atomic E-state index is 0.0444. The smallest absolute Gasteiger partial charge is 0.387 e. The molecule has 0 aliphatic rings. The number of aliphatic hydroxyl groups excluding tert-OH is 1. The number of phosphoric acid groups is 1. The fraction of sp³-hybridized carbons (Fsp3) is 0.768. The molecule has 0 fully saturated rings. The molecule has 9 heteroatoms. The molecular weight excluding hydrogens is 828 g/mol. The molecule has 3 unspecified atom stereocenters. The highest BCUT2D eigenvalue weighted by molar-refractivity contribution is 7.47. The number of carbonyl (C=O) groups is 1. The van der Waals surface area contributed by atoms with Gasteiger partial charge in [-0.2, -0.15) is 0 Å². The van der Waals surface area contributed by atoms with Gasteiger partial charge in [0.15, 0.2) is 0 Å². The summed E-state index contributed by atoms with van der Waals surface area (Å²) in [6.07, 6.45) is 64.5. The van der Waals surface area contributed by atoms with Crippen molar-refractivity contribution in [3.63, 3.8) is 0 Å². The van der Waals surface area contributed by atoms with Gasteiger partial charge in [0, 0.05) is 6.42 Å². The van der Waals surface area contributed by atoms with Gasteiger partial charge in [-0.15, -0.1) is 0 Å². The van der Waals surface area contributed by atoms with Crippen molar-refractivity contribution in [1.82, 2.24) is 5.32 Å². The molecule has 1 amide bonds. The predicted octanol–water partition coefficient (Wildman–Crippen LogP) is 15.9. The van der Waals surface area contributed by atoms with Crippen LogP contribution in [0.5, 0.6) is 0 Å². The molecule has 0 rings (SSSR count). The summed E-state index contributed by atoms with van der Waals surface area (Å²) in [5, 5.41) is 13.8. The van der Waals surface area contributed by atoms with Gasteiger partial charge >= 0.3 is 7.82 Å². The summed E-state index contributed by atoms with van der Waals surface area (Å²) in [7, 11) is 1.52. The van der Waals surface area contributed by atoms with E-state index in [4.69, 9.17) is 9.05 Å². The number of hydrogen-bond donors (Lipinski definition) is 3. The van der Waals surface area contributed by atoms with Gasteiger partial charge in [-0.3, -0.25) is 13.8 Å². The molecule has 0 heterocycles. The van der Waals surface area contributed by atoms with E-state index < -0.39 is 20.0 Å². The van der Waals surface area contributed by atoms with Crippen LogP contribution in [0.2, 0.25) is 0 Å². The lowest BCUT2D eigenvalue weighted by Gasteiger charge is -2.25. The minimum Gasteiger partial charge on any atom is -0.387 e. The van der Waals surface area contributed by atoms with E-state index in [0.717, 1.165) is 70.6 Å². The lowest BCUT2D eigenvalue weighted by Crippen LogP contribution is -2.45. The summed E-state index contributed by atoms with van der Waals surface area (Å²) in [4.78, 5) is 23.1. The Balaban J connectivity index is 4.25. The highest BCUT2D eigenvalue weighted by atomic mass is 31.2. The number of rotatable bonds is 48. The Morgan fingerprint density at radius 3 is 1.42 bits per heavy atom. The average molecular weight is 932 g/mol. The average Bonchev–Trinajstić information content (AvgIpc) is 3.26. The van der Waals surface area contributed by atoms with Crippen LogP contribution in [0.25, 0.3) is 0 Å². The van der Waals surface area contributed by atoms with E-state index in [1.54, 1.807) is 6.08 Å². The summed E-state index contributed by atoms with van der Waals surface area (Å²) in [5.41, 5.74) is 0. The maximum Gasteiger partial charge on any atom is 0.472 e. The second kappa shape index (κ2) is 47.0. The van der Waals surface area contributed by atoms with Gasteiger partial charge in [0.2, 0.25) is 5.91 Å². The van der Waals surface area contributed by atoms with Crippen LogP contribution in [0.3, 0.4) is 0 Å². The van der Waals surface area contributed by atoms with Crippen LogP contribution < -0.4 is 5.32 Å². The van der Waals surface area contributed by atoms with Gasteiger partial charge in [0.25, 0.3) is 0 Å². The highest BCUT2D eigenvalue weighted by Crippen LogP contribution is 2.43. The molecule has 65 heavy (non-hydrogen) atoms. The largest absolute Gasteiger partial charge is 0.472 e. The number of aliphatic hydroxyl groups is 1. The van der Waals surface area contributed by atoms with Crippen molar-refractivity contribution < 1.29 is 32.9 Å². The van der Waals surface area contributed by atoms with Crippen molar-refractivity contribution in [1.29, 1.82) is 0 Å². The zero-order valence-corrected chi connectivity index (χ0v) is 43.9. The van der Waals surface area contributed by atoms with Crippen LogP contribution in [0.1, 0.15) is 226 Å². The standard InChI is InChI=1S/C56H103N2O6P/c1-6-8-10-12-14-16-18-20-21-22-23-24-25-26-27-28-29-30-31-32-33-34-35-36-38-39-41-43-45-47-49-55(59)54(53-64-65(61,62)63-52-51-58(3,4)5)57-56(60)50-48-46-44-42-40-37-19-17-15-13-11-9-7-2/h9,11,15,17,34-35,37,39-41,47,49,54-55,59H,6-8,10,12-14,16,18-33,36,38,42-46,48,50-53H2,1-5H3,(H-,57,60,61,62)/p+1/b11-9-,17-15-,35-34+,40-37-,41-39+,49-47+. The normalized spacial score (nSPS) is 14.6. The van der Waals surface area contributed by atoms with Gasteiger partial charge < -0.3 is 19.8 Å². The molecule has 0 spiro atoms. The highest BCUT2D eigenvalue weighted by Gasteiger charge is 2.27. The fourth-order valence-corrected chi connectivity index (χ4v) is 8.18. The molecule has 8 nitrogen and oxygen atoms in total. The number of phosphoric ester groups is 1. The topological polar surface area (TPSA) is 105 Å². The molecule has 0 aromatic rings. The Morgan fingerprint density at radius 2 is 0.938 bits per heavy atom. The summed E-state index contributed by atoms with van der Waals surface area (Å²) in [5.74, 6) is -0.222. The Labute approximate surface area is 402 Å². The Kier molecular flexibility index (Phi) is 45.5. The maximum absolute atomic E-state index is 12.9. The first-order chi connectivity index (χ1) is 31.5. The third kappa shape index (κ3) is 49.7. The van der Waals surface area contributed by atoms with Crippen molar-refractivity contribution in [3.05, 3.63) is 72.9 Å². The molecule has 0 bridgehead atoms. The van der Waals surface area contributed by atoms with Gasteiger partial charge in [-0.1, -0.05) is 215 Å². The molecule has 0 radical (unpaired) electrons. The molecule has 0 aliphatic carbocycles. The van der Waals surface area contributed by atoms with Crippen molar-refractivity contribution in [2.24, 2.45) is 0 Å². The second-order valence-corrected chi connectivity index (χ2v) is 20.7. The van der Waals surface area contributed by atoms with E-state index in [0.29, 0.717) is 17.4 Å². The van der Waals surface area contributed by atoms with Gasteiger partial charge in [0.05, 0.1) is 39.9 Å². The first-order valence-corrected chi connectivity index (χ1v) is 28.3. The monoisotopic (exact) mass is 932 g/mol. The zero-order valence-electron chi connectivity index (χ0n) is 43.0. The summed E-state index contributed by atoms with van der Waals surface area (Å²) >= 11 is 0. The van der Waals surface area contributed by atoms with Crippen LogP contribution >= 0.6 is 7.82 Å². The summed E-state index contributed by atoms with van der Waals surface area (Å²) in [6.45, 7) is 4.64. The van der Waals surface area contributed by atoms with E-state index in [1.165, 1.54) is 135 Å². The molecule has 3 atom stereocenters. The number of unbranched alkanes of at least 4 members (excludes halogenated alkanes) is 25. The molecule has 378 valence electrons. The van der Waals surface area contributed by atoms with Crippen LogP contribution in [0.15, 0.2) is 72.9 Å². The van der Waals surface area contributed by atoms with E-state index in [1.807, 2.05) is 27.2 Å². The molecule has 0 aliphatic heterocycles. The lowest BCUT2D eigenvalue weighted by atomic mass is 10.0. The molecule has 0 aromatic heterocycles. The number of carbonyl (C=O) groups excluding carboxylic acids is 1. The minimum atomic E-state index is -4.37. The Bertz CT molecular complexity index is 1290. The molecule has 0 saturated carbocycles. The van der Waals surface area contributed by atoms with Crippen LogP contribution in [0, 0.1) is 0 Å². The fourth-order valence-electron chi connectivity index (χ4n) is 7.44. The van der Waals surface area contributed by atoms with Crippen molar-refractivity contribution in [2.45, 2.75) is 238 Å². The van der Waals surface area contributed by atoms with Gasteiger partial charge in [0.1, 0.15) is 13.2 Å². The SMILES string of the molecule is CC/C=C\C/C=C\C/C=C\CCCCCC(=O)NC(COP(=O)(O)OCC[N+](C)(C)C)C(O)/C=C/CC/C=C/CC/C=C/CCCCCCCCCCCCCCCCCCCCCC. The van der Waals surface area contributed by atoms with E-state index in [2.05, 4.69) is 79.9 Å². The number of quaternary nitrogens is 1. The van der Waals surface area contributed by atoms with Crippen LogP contribution in [0.4, 0.5) is 0 Å². The quantitative estimate of drug-likeness (QED) is 0.0243. The number of nitrogens with one attached hydrogen (secondary N) is 1. The van der Waals surface area contributed by atoms with E-state index >= 15 is 0 Å². The number of hydrogen-bond acceptors (Lipinski definition) is 5. The van der Waals surface area contributed by atoms with E-state index in [-0.39, 0.29) is 19.1 Å². The maximum atomic E-state index is 12.9. The van der Waals surface area contributed by atoms with E-state index in [9.17, 15) is 19.4 Å². The number of nitrogens with zero attached hydrogens (tertiary/aromatic N) is 1. The number of allylic oxidation sites excluding steroid dienone is 11. The number of likely N-dealkylation sites (N-methyl/N-ethyl adjacent to an activating group) is 1. The predicted molar refractivity (Wildman–Crippen MR) is 281 cm³/mol. The molecular formula is C56H104N2O6P+. The molecule has 0 saturated heterocycles. The van der Waals surface area contributed by atoms with Gasteiger partial charge in [-0.05, 0) is 77.0 Å². The van der Waals surface area contributed by atoms with Crippen molar-refractivity contribution in [3.8, 4) is 0 Å². The second-order valence-electron chi connectivity index (χ2n) is 19.2. The van der Waals surface area contributed by atoms with Gasteiger partial charge in [-0.25, -0.2) is 4.57 Å². The first-order valence-electron chi connectivity index (χ1n) is 26.8. The third-order valence-corrected chi connectivity index (χ3v) is 12.6. The third-order valence-electron chi connectivity index (χ3n) is 11.6. The van der Waals surface area contributed by atoms with Crippen molar-refractivity contribution in [2.75, 3.05) is 40.9 Å². The van der Waals surface area contributed by atoms with Crippen LogP contribution in [-0.2, 0) is 18.4 Å². The van der Waals surface area contributed by atoms with Crippen LogP contribution in [-0.4, -0.2) is 73.4 Å². The zero-order chi connectivity index (χ0) is 47.8. The summed E-state index contributed by atoms with van der Waals surface area (Å²) < 4.78 is 23.6. The molecule has 0 aromatic carbocycles. The Hall–Kier alpha value is -2.06.